The van der Waals surface area contributed by atoms with Crippen LogP contribution in [-0.2, 0) is 11.2 Å². The van der Waals surface area contributed by atoms with Gasteiger partial charge in [-0.3, -0.25) is 4.79 Å². The van der Waals surface area contributed by atoms with Gasteiger partial charge in [-0.1, -0.05) is 12.5 Å². The van der Waals surface area contributed by atoms with Crippen LogP contribution in [0.4, 0.5) is 0 Å². The number of ether oxygens (including phenoxy) is 2. The van der Waals surface area contributed by atoms with Crippen LogP contribution in [0.1, 0.15) is 31.2 Å². The van der Waals surface area contributed by atoms with E-state index < -0.39 is 0 Å². The summed E-state index contributed by atoms with van der Waals surface area (Å²) in [6.45, 7) is 0.621. The van der Waals surface area contributed by atoms with Gasteiger partial charge in [0, 0.05) is 19.0 Å². The Balaban J connectivity index is 1.77. The smallest absolute Gasteiger partial charge is 0.220 e. The molecule has 1 fully saturated rings. The molecule has 0 unspecified atom stereocenters. The average Bonchev–Trinajstić information content (AvgIpc) is 2.92. The third-order valence-corrected chi connectivity index (χ3v) is 4.35. The van der Waals surface area contributed by atoms with Crippen LogP contribution in [0.15, 0.2) is 18.2 Å². The third kappa shape index (κ3) is 4.37. The molecule has 1 amide bonds. The molecule has 0 bridgehead atoms. The molecule has 1 aromatic rings. The molecular weight excluding hydrogens is 280 g/mol. The second kappa shape index (κ2) is 8.03. The molecule has 0 aromatic heterocycles. The zero-order chi connectivity index (χ0) is 15.9. The van der Waals surface area contributed by atoms with Crippen LogP contribution < -0.4 is 20.5 Å². The standard InChI is InChI=1S/C17H26N2O3/c1-21-15-7-6-12(10-16(15)22-2)8-9-19-17(20)11-13-4-3-5-14(13)18/h6-7,10,13-14H,3-5,8-9,11,18H2,1-2H3,(H,19,20)/t13-,14+/m0/s1. The fraction of sp³-hybridized carbons (Fsp3) is 0.588. The van der Waals surface area contributed by atoms with E-state index in [2.05, 4.69) is 5.32 Å². The highest BCUT2D eigenvalue weighted by atomic mass is 16.5. The molecule has 1 aliphatic carbocycles. The summed E-state index contributed by atoms with van der Waals surface area (Å²) in [5, 5.41) is 2.98. The first-order valence-corrected chi connectivity index (χ1v) is 7.87. The normalized spacial score (nSPS) is 20.7. The molecule has 0 heterocycles. The van der Waals surface area contributed by atoms with Gasteiger partial charge in [0.05, 0.1) is 14.2 Å². The quantitative estimate of drug-likeness (QED) is 0.806. The number of nitrogens with two attached hydrogens (primary N) is 1. The van der Waals surface area contributed by atoms with Gasteiger partial charge in [0.15, 0.2) is 11.5 Å². The Kier molecular flexibility index (Phi) is 6.07. The summed E-state index contributed by atoms with van der Waals surface area (Å²) >= 11 is 0. The summed E-state index contributed by atoms with van der Waals surface area (Å²) < 4.78 is 10.5. The van der Waals surface area contributed by atoms with E-state index in [-0.39, 0.29) is 11.9 Å². The fourth-order valence-electron chi connectivity index (χ4n) is 3.01. The van der Waals surface area contributed by atoms with Gasteiger partial charge in [-0.15, -0.1) is 0 Å². The number of benzene rings is 1. The largest absolute Gasteiger partial charge is 0.493 e. The molecule has 5 heteroatoms. The van der Waals surface area contributed by atoms with Gasteiger partial charge in [0.2, 0.25) is 5.91 Å². The number of carbonyl (C=O) groups excluding carboxylic acids is 1. The van der Waals surface area contributed by atoms with Crippen molar-refractivity contribution in [3.05, 3.63) is 23.8 Å². The third-order valence-electron chi connectivity index (χ3n) is 4.35. The van der Waals surface area contributed by atoms with Crippen molar-refractivity contribution in [1.29, 1.82) is 0 Å². The van der Waals surface area contributed by atoms with Crippen molar-refractivity contribution in [3.63, 3.8) is 0 Å². The predicted molar refractivity (Wildman–Crippen MR) is 86.2 cm³/mol. The first-order chi connectivity index (χ1) is 10.6. The molecule has 0 spiro atoms. The van der Waals surface area contributed by atoms with E-state index in [1.807, 2.05) is 18.2 Å². The van der Waals surface area contributed by atoms with Crippen LogP contribution in [0.25, 0.3) is 0 Å². The zero-order valence-electron chi connectivity index (χ0n) is 13.4. The van der Waals surface area contributed by atoms with Crippen molar-refractivity contribution in [1.82, 2.24) is 5.32 Å². The van der Waals surface area contributed by atoms with Gasteiger partial charge in [-0.05, 0) is 42.9 Å². The van der Waals surface area contributed by atoms with Crippen molar-refractivity contribution in [3.8, 4) is 11.5 Å². The van der Waals surface area contributed by atoms with Crippen molar-refractivity contribution in [2.45, 2.75) is 38.1 Å². The first-order valence-electron chi connectivity index (χ1n) is 7.87. The fourth-order valence-corrected chi connectivity index (χ4v) is 3.01. The highest BCUT2D eigenvalue weighted by molar-refractivity contribution is 5.76. The topological polar surface area (TPSA) is 73.6 Å². The number of hydrogen-bond donors (Lipinski definition) is 2. The van der Waals surface area contributed by atoms with Crippen LogP contribution in [0, 0.1) is 5.92 Å². The summed E-state index contributed by atoms with van der Waals surface area (Å²) in [4.78, 5) is 11.9. The number of hydrogen-bond acceptors (Lipinski definition) is 4. The van der Waals surface area contributed by atoms with E-state index in [4.69, 9.17) is 15.2 Å². The Morgan fingerprint density at radius 2 is 2.05 bits per heavy atom. The molecule has 0 saturated heterocycles. The van der Waals surface area contributed by atoms with Gasteiger partial charge < -0.3 is 20.5 Å². The van der Waals surface area contributed by atoms with E-state index >= 15 is 0 Å². The summed E-state index contributed by atoms with van der Waals surface area (Å²) in [5.41, 5.74) is 7.11. The molecule has 2 rings (SSSR count). The lowest BCUT2D eigenvalue weighted by atomic mass is 10.00. The summed E-state index contributed by atoms with van der Waals surface area (Å²) in [6, 6.07) is 6.00. The van der Waals surface area contributed by atoms with E-state index in [0.717, 1.165) is 31.2 Å². The van der Waals surface area contributed by atoms with Gasteiger partial charge in [-0.2, -0.15) is 0 Å². The lowest BCUT2D eigenvalue weighted by molar-refractivity contribution is -0.122. The monoisotopic (exact) mass is 306 g/mol. The number of rotatable bonds is 7. The average molecular weight is 306 g/mol. The lowest BCUT2D eigenvalue weighted by Gasteiger charge is -2.15. The van der Waals surface area contributed by atoms with Gasteiger partial charge >= 0.3 is 0 Å². The first kappa shape index (κ1) is 16.6. The van der Waals surface area contributed by atoms with E-state index in [1.165, 1.54) is 0 Å². The zero-order valence-corrected chi connectivity index (χ0v) is 13.4. The van der Waals surface area contributed by atoms with Crippen LogP contribution in [0.3, 0.4) is 0 Å². The van der Waals surface area contributed by atoms with Gasteiger partial charge in [0.1, 0.15) is 0 Å². The number of carbonyl (C=O) groups is 1. The van der Waals surface area contributed by atoms with E-state index in [9.17, 15) is 4.79 Å². The molecule has 0 aliphatic heterocycles. The summed E-state index contributed by atoms with van der Waals surface area (Å²) in [5.74, 6) is 1.87. The number of nitrogens with one attached hydrogen (secondary N) is 1. The number of amides is 1. The van der Waals surface area contributed by atoms with Crippen molar-refractivity contribution < 1.29 is 14.3 Å². The summed E-state index contributed by atoms with van der Waals surface area (Å²) in [7, 11) is 3.24. The minimum absolute atomic E-state index is 0.0998. The number of methoxy groups -OCH3 is 2. The Morgan fingerprint density at radius 1 is 1.27 bits per heavy atom. The molecule has 0 radical (unpaired) electrons. The van der Waals surface area contributed by atoms with Crippen LogP contribution >= 0.6 is 0 Å². The minimum Gasteiger partial charge on any atom is -0.493 e. The maximum Gasteiger partial charge on any atom is 0.220 e. The molecule has 1 aromatic carbocycles. The minimum atomic E-state index is 0.0998. The van der Waals surface area contributed by atoms with Crippen LogP contribution in [0.2, 0.25) is 0 Å². The predicted octanol–water partition coefficient (Wildman–Crippen LogP) is 1.88. The molecule has 1 aliphatic rings. The van der Waals surface area contributed by atoms with Crippen molar-refractivity contribution in [2.75, 3.05) is 20.8 Å². The molecule has 5 nitrogen and oxygen atoms in total. The molecule has 1 saturated carbocycles. The Morgan fingerprint density at radius 3 is 2.68 bits per heavy atom. The van der Waals surface area contributed by atoms with Crippen molar-refractivity contribution in [2.24, 2.45) is 11.7 Å². The highest BCUT2D eigenvalue weighted by Gasteiger charge is 2.25. The molecule has 2 atom stereocenters. The molecule has 122 valence electrons. The van der Waals surface area contributed by atoms with Crippen molar-refractivity contribution >= 4 is 5.91 Å². The van der Waals surface area contributed by atoms with Crippen LogP contribution in [0.5, 0.6) is 11.5 Å². The SMILES string of the molecule is COc1ccc(CCNC(=O)C[C@@H]2CCC[C@H]2N)cc1OC. The molecule has 22 heavy (non-hydrogen) atoms. The lowest BCUT2D eigenvalue weighted by Crippen LogP contribution is -2.32. The van der Waals surface area contributed by atoms with Gasteiger partial charge in [-0.25, -0.2) is 0 Å². The van der Waals surface area contributed by atoms with E-state index in [1.54, 1.807) is 14.2 Å². The molecular formula is C17H26N2O3. The second-order valence-electron chi connectivity index (χ2n) is 5.85. The Hall–Kier alpha value is -1.75. The maximum absolute atomic E-state index is 11.9. The highest BCUT2D eigenvalue weighted by Crippen LogP contribution is 2.28. The second-order valence-corrected chi connectivity index (χ2v) is 5.85. The van der Waals surface area contributed by atoms with E-state index in [0.29, 0.717) is 30.4 Å². The molecule has 3 N–H and O–H groups in total. The Labute approximate surface area is 132 Å². The Bertz CT molecular complexity index is 505. The summed E-state index contributed by atoms with van der Waals surface area (Å²) in [6.07, 6.45) is 4.58. The van der Waals surface area contributed by atoms with Gasteiger partial charge in [0.25, 0.3) is 0 Å². The maximum atomic E-state index is 11.9. The van der Waals surface area contributed by atoms with Crippen LogP contribution in [-0.4, -0.2) is 32.7 Å².